The SMILES string of the molecule is Cc1cc(C)c(C)c(Oc2cc(NC(=O)c3ccnn3CC(=O)O)cc([N+](=O)[O-])c2)c1. The molecule has 0 spiro atoms. The number of carboxylic acids is 1. The van der Waals surface area contributed by atoms with Gasteiger partial charge in [-0.3, -0.25) is 19.7 Å². The maximum absolute atomic E-state index is 12.6. The van der Waals surface area contributed by atoms with E-state index in [2.05, 4.69) is 10.4 Å². The number of amides is 1. The highest BCUT2D eigenvalue weighted by atomic mass is 16.6. The fourth-order valence-corrected chi connectivity index (χ4v) is 3.03. The Morgan fingerprint density at radius 3 is 2.61 bits per heavy atom. The van der Waals surface area contributed by atoms with Gasteiger partial charge in [0.2, 0.25) is 0 Å². The summed E-state index contributed by atoms with van der Waals surface area (Å²) in [7, 11) is 0. The van der Waals surface area contributed by atoms with Gasteiger partial charge in [-0.2, -0.15) is 5.10 Å². The molecule has 1 amide bonds. The van der Waals surface area contributed by atoms with Gasteiger partial charge in [0.1, 0.15) is 23.7 Å². The van der Waals surface area contributed by atoms with E-state index in [1.54, 1.807) is 0 Å². The summed E-state index contributed by atoms with van der Waals surface area (Å²) in [6.45, 7) is 5.24. The first kappa shape index (κ1) is 21.5. The monoisotopic (exact) mass is 424 g/mol. The van der Waals surface area contributed by atoms with Crippen molar-refractivity contribution in [2.45, 2.75) is 27.3 Å². The van der Waals surface area contributed by atoms with Gasteiger partial charge >= 0.3 is 5.97 Å². The van der Waals surface area contributed by atoms with E-state index in [1.807, 2.05) is 32.9 Å². The van der Waals surface area contributed by atoms with Crippen LogP contribution in [0.4, 0.5) is 11.4 Å². The van der Waals surface area contributed by atoms with Crippen molar-refractivity contribution in [1.29, 1.82) is 0 Å². The number of nitro groups is 1. The molecule has 0 saturated carbocycles. The first-order chi connectivity index (χ1) is 14.6. The minimum atomic E-state index is -1.16. The second-order valence-corrected chi connectivity index (χ2v) is 7.00. The molecule has 0 aliphatic heterocycles. The Bertz CT molecular complexity index is 1180. The third-order valence-electron chi connectivity index (χ3n) is 4.59. The van der Waals surface area contributed by atoms with E-state index in [0.29, 0.717) is 5.75 Å². The lowest BCUT2D eigenvalue weighted by atomic mass is 10.1. The second kappa shape index (κ2) is 8.66. The summed E-state index contributed by atoms with van der Waals surface area (Å²) in [6, 6.07) is 9.09. The number of aliphatic carboxylic acids is 1. The van der Waals surface area contributed by atoms with Gasteiger partial charge in [-0.25, -0.2) is 4.68 Å². The number of nitrogens with zero attached hydrogens (tertiary/aromatic N) is 3. The molecule has 3 aromatic rings. The molecule has 10 heteroatoms. The molecule has 1 aromatic heterocycles. The van der Waals surface area contributed by atoms with Gasteiger partial charge in [-0.1, -0.05) is 6.07 Å². The van der Waals surface area contributed by atoms with Gasteiger partial charge in [0.25, 0.3) is 11.6 Å². The summed E-state index contributed by atoms with van der Waals surface area (Å²) in [5.74, 6) is -1.09. The van der Waals surface area contributed by atoms with Crippen LogP contribution in [0.3, 0.4) is 0 Å². The zero-order valence-electron chi connectivity index (χ0n) is 17.1. The first-order valence-electron chi connectivity index (χ1n) is 9.24. The zero-order valence-corrected chi connectivity index (χ0v) is 17.1. The summed E-state index contributed by atoms with van der Waals surface area (Å²) < 4.78 is 6.92. The van der Waals surface area contributed by atoms with Gasteiger partial charge in [-0.15, -0.1) is 0 Å². The topological polar surface area (TPSA) is 137 Å². The Balaban J connectivity index is 1.92. The van der Waals surface area contributed by atoms with Crippen LogP contribution in [-0.2, 0) is 11.3 Å². The maximum atomic E-state index is 12.6. The van der Waals surface area contributed by atoms with E-state index in [1.165, 1.54) is 30.5 Å². The number of anilines is 1. The molecule has 3 rings (SSSR count). The van der Waals surface area contributed by atoms with E-state index in [9.17, 15) is 19.7 Å². The highest BCUT2D eigenvalue weighted by Gasteiger charge is 2.18. The number of hydrogen-bond donors (Lipinski definition) is 2. The standard InChI is InChI=1S/C21H20N4O6/c1-12-6-13(2)14(3)19(7-12)31-17-9-15(8-16(10-17)25(29)30)23-21(28)18-4-5-22-24(18)11-20(26)27/h4-10H,11H2,1-3H3,(H,23,28)(H,26,27). The Labute approximate surface area is 177 Å². The second-order valence-electron chi connectivity index (χ2n) is 7.00. The fourth-order valence-electron chi connectivity index (χ4n) is 3.03. The smallest absolute Gasteiger partial charge is 0.325 e. The Kier molecular flexibility index (Phi) is 6.00. The Hall–Kier alpha value is -4.21. The summed E-state index contributed by atoms with van der Waals surface area (Å²) in [5.41, 5.74) is 2.74. The van der Waals surface area contributed by atoms with Gasteiger partial charge in [0.15, 0.2) is 0 Å². The normalized spacial score (nSPS) is 10.5. The maximum Gasteiger partial charge on any atom is 0.325 e. The third-order valence-corrected chi connectivity index (χ3v) is 4.59. The summed E-state index contributed by atoms with van der Waals surface area (Å²) in [4.78, 5) is 34.3. The molecule has 0 unspecified atom stereocenters. The number of non-ortho nitro benzene ring substituents is 1. The van der Waals surface area contributed by atoms with Gasteiger partial charge in [0, 0.05) is 18.3 Å². The van der Waals surface area contributed by atoms with Crippen LogP contribution in [0.5, 0.6) is 11.5 Å². The van der Waals surface area contributed by atoms with Crippen LogP contribution < -0.4 is 10.1 Å². The van der Waals surface area contributed by atoms with Crippen molar-refractivity contribution in [3.8, 4) is 11.5 Å². The van der Waals surface area contributed by atoms with Crippen LogP contribution in [0.1, 0.15) is 27.2 Å². The number of aromatic nitrogens is 2. The zero-order chi connectivity index (χ0) is 22.7. The largest absolute Gasteiger partial charge is 0.480 e. The molecule has 2 aromatic carbocycles. The number of carboxylic acid groups (broad SMARTS) is 1. The number of carbonyl (C=O) groups excluding carboxylic acids is 1. The number of nitro benzene ring substituents is 1. The third kappa shape index (κ3) is 5.04. The van der Waals surface area contributed by atoms with E-state index in [0.717, 1.165) is 21.4 Å². The van der Waals surface area contributed by atoms with Crippen LogP contribution >= 0.6 is 0 Å². The number of aryl methyl sites for hydroxylation is 2. The summed E-state index contributed by atoms with van der Waals surface area (Å²) >= 11 is 0. The minimum Gasteiger partial charge on any atom is -0.480 e. The minimum absolute atomic E-state index is 0.00141. The molecule has 1 heterocycles. The predicted molar refractivity (Wildman–Crippen MR) is 112 cm³/mol. The average molecular weight is 424 g/mol. The number of rotatable bonds is 7. The van der Waals surface area contributed by atoms with Crippen molar-refractivity contribution in [3.05, 3.63) is 75.1 Å². The fraction of sp³-hybridized carbons (Fsp3) is 0.190. The predicted octanol–water partition coefficient (Wildman–Crippen LogP) is 3.85. The Morgan fingerprint density at radius 2 is 1.94 bits per heavy atom. The number of nitrogens with one attached hydrogen (secondary N) is 1. The van der Waals surface area contributed by atoms with Crippen LogP contribution in [-0.4, -0.2) is 31.7 Å². The average Bonchev–Trinajstić information content (AvgIpc) is 3.13. The highest BCUT2D eigenvalue weighted by molar-refractivity contribution is 6.03. The molecule has 0 aliphatic rings. The lowest BCUT2D eigenvalue weighted by molar-refractivity contribution is -0.384. The number of hydrogen-bond acceptors (Lipinski definition) is 6. The first-order valence-corrected chi connectivity index (χ1v) is 9.24. The highest BCUT2D eigenvalue weighted by Crippen LogP contribution is 2.33. The van der Waals surface area contributed by atoms with Crippen LogP contribution in [0, 0.1) is 30.9 Å². The molecule has 31 heavy (non-hydrogen) atoms. The van der Waals surface area contributed by atoms with E-state index >= 15 is 0 Å². The van der Waals surface area contributed by atoms with Crippen molar-refractivity contribution in [1.82, 2.24) is 9.78 Å². The molecule has 160 valence electrons. The molecule has 0 bridgehead atoms. The van der Waals surface area contributed by atoms with E-state index in [4.69, 9.17) is 9.84 Å². The van der Waals surface area contributed by atoms with Crippen LogP contribution in [0.2, 0.25) is 0 Å². The van der Waals surface area contributed by atoms with Gasteiger partial charge in [-0.05, 0) is 49.6 Å². The van der Waals surface area contributed by atoms with Gasteiger partial charge in [0.05, 0.1) is 16.7 Å². The lowest BCUT2D eigenvalue weighted by Gasteiger charge is -2.13. The van der Waals surface area contributed by atoms with Crippen LogP contribution in [0.15, 0.2) is 42.6 Å². The molecule has 2 N–H and O–H groups in total. The molecule has 0 aliphatic carbocycles. The molecular formula is C21H20N4O6. The molecule has 0 saturated heterocycles. The summed E-state index contributed by atoms with van der Waals surface area (Å²) in [6.07, 6.45) is 1.29. The van der Waals surface area contributed by atoms with E-state index < -0.39 is 23.3 Å². The van der Waals surface area contributed by atoms with Gasteiger partial charge < -0.3 is 15.2 Å². The molecule has 0 fully saturated rings. The molecule has 10 nitrogen and oxygen atoms in total. The molecule has 0 radical (unpaired) electrons. The van der Waals surface area contributed by atoms with Crippen molar-refractivity contribution in [2.75, 3.05) is 5.32 Å². The van der Waals surface area contributed by atoms with Crippen molar-refractivity contribution < 1.29 is 24.4 Å². The van der Waals surface area contributed by atoms with Crippen molar-refractivity contribution >= 4 is 23.3 Å². The van der Waals surface area contributed by atoms with Crippen molar-refractivity contribution in [3.63, 3.8) is 0 Å². The number of ether oxygens (including phenoxy) is 1. The number of carbonyl (C=O) groups is 2. The molecule has 0 atom stereocenters. The van der Waals surface area contributed by atoms with Crippen molar-refractivity contribution in [2.24, 2.45) is 0 Å². The molecular weight excluding hydrogens is 404 g/mol. The lowest BCUT2D eigenvalue weighted by Crippen LogP contribution is -2.20. The van der Waals surface area contributed by atoms with E-state index in [-0.39, 0.29) is 22.8 Å². The summed E-state index contributed by atoms with van der Waals surface area (Å²) in [5, 5.41) is 26.7. The van der Waals surface area contributed by atoms with Crippen LogP contribution in [0.25, 0.3) is 0 Å². The quantitative estimate of drug-likeness (QED) is 0.434. The number of benzene rings is 2. The Morgan fingerprint density at radius 1 is 1.19 bits per heavy atom.